The molecule has 0 radical (unpaired) electrons. The molecular weight excluding hydrogens is 266 g/mol. The standard InChI is InChI=1S/C16H25N3O2/c1-18(2)13-7-9-19(10-8-13)11-12-5-4-6-14(17)15(12)16(20)21-3/h4-6,13H,7-11,17H2,1-3H3. The van der Waals surface area contributed by atoms with Crippen LogP contribution in [-0.4, -0.2) is 56.1 Å². The van der Waals surface area contributed by atoms with E-state index in [4.69, 9.17) is 10.5 Å². The van der Waals surface area contributed by atoms with Gasteiger partial charge in [-0.2, -0.15) is 0 Å². The number of rotatable bonds is 4. The maximum atomic E-state index is 11.9. The van der Waals surface area contributed by atoms with Gasteiger partial charge in [-0.15, -0.1) is 0 Å². The molecule has 1 fully saturated rings. The molecule has 1 aromatic carbocycles. The first-order valence-corrected chi connectivity index (χ1v) is 7.37. The van der Waals surface area contributed by atoms with Gasteiger partial charge in [0.2, 0.25) is 0 Å². The fourth-order valence-electron chi connectivity index (χ4n) is 2.94. The number of piperidine rings is 1. The van der Waals surface area contributed by atoms with E-state index in [0.29, 0.717) is 17.3 Å². The predicted molar refractivity (Wildman–Crippen MR) is 84.2 cm³/mol. The minimum atomic E-state index is -0.355. The van der Waals surface area contributed by atoms with E-state index in [-0.39, 0.29) is 5.97 Å². The second-order valence-electron chi connectivity index (χ2n) is 5.84. The second kappa shape index (κ2) is 6.91. The van der Waals surface area contributed by atoms with Crippen LogP contribution in [0.5, 0.6) is 0 Å². The van der Waals surface area contributed by atoms with Gasteiger partial charge in [-0.05, 0) is 51.7 Å². The highest BCUT2D eigenvalue weighted by molar-refractivity contribution is 5.96. The number of hydrogen-bond acceptors (Lipinski definition) is 5. The number of carbonyl (C=O) groups excluding carboxylic acids is 1. The molecule has 21 heavy (non-hydrogen) atoms. The topological polar surface area (TPSA) is 58.8 Å². The zero-order chi connectivity index (χ0) is 15.4. The summed E-state index contributed by atoms with van der Waals surface area (Å²) in [5, 5.41) is 0. The minimum Gasteiger partial charge on any atom is -0.465 e. The lowest BCUT2D eigenvalue weighted by Crippen LogP contribution is -2.41. The fourth-order valence-corrected chi connectivity index (χ4v) is 2.94. The lowest BCUT2D eigenvalue weighted by Gasteiger charge is -2.35. The normalized spacial score (nSPS) is 17.1. The quantitative estimate of drug-likeness (QED) is 0.674. The van der Waals surface area contributed by atoms with E-state index >= 15 is 0 Å². The molecule has 5 nitrogen and oxygen atoms in total. The number of likely N-dealkylation sites (tertiary alicyclic amines) is 1. The van der Waals surface area contributed by atoms with Crippen LogP contribution in [0.15, 0.2) is 18.2 Å². The number of esters is 1. The summed E-state index contributed by atoms with van der Waals surface area (Å²) in [6.45, 7) is 2.83. The highest BCUT2D eigenvalue weighted by Gasteiger charge is 2.23. The molecular formula is C16H25N3O2. The number of ether oxygens (including phenoxy) is 1. The molecule has 1 aromatic rings. The van der Waals surface area contributed by atoms with Crippen molar-refractivity contribution in [2.45, 2.75) is 25.4 Å². The molecule has 1 saturated heterocycles. The Kier molecular flexibility index (Phi) is 5.20. The summed E-state index contributed by atoms with van der Waals surface area (Å²) in [7, 11) is 5.66. The molecule has 116 valence electrons. The van der Waals surface area contributed by atoms with Gasteiger partial charge < -0.3 is 15.4 Å². The molecule has 0 amide bonds. The van der Waals surface area contributed by atoms with E-state index < -0.39 is 0 Å². The number of nitrogen functional groups attached to an aromatic ring is 1. The molecule has 0 bridgehead atoms. The highest BCUT2D eigenvalue weighted by Crippen LogP contribution is 2.22. The van der Waals surface area contributed by atoms with Crippen LogP contribution in [-0.2, 0) is 11.3 Å². The van der Waals surface area contributed by atoms with Crippen molar-refractivity contribution < 1.29 is 9.53 Å². The van der Waals surface area contributed by atoms with Gasteiger partial charge in [-0.1, -0.05) is 12.1 Å². The third-order valence-electron chi connectivity index (χ3n) is 4.25. The first-order chi connectivity index (χ1) is 10.0. The van der Waals surface area contributed by atoms with E-state index in [9.17, 15) is 4.79 Å². The van der Waals surface area contributed by atoms with Crippen molar-refractivity contribution in [1.82, 2.24) is 9.80 Å². The van der Waals surface area contributed by atoms with Gasteiger partial charge in [-0.3, -0.25) is 4.90 Å². The maximum absolute atomic E-state index is 11.9. The van der Waals surface area contributed by atoms with Gasteiger partial charge in [0.05, 0.1) is 12.7 Å². The average Bonchev–Trinajstić information content (AvgIpc) is 2.47. The summed E-state index contributed by atoms with van der Waals surface area (Å²) in [6, 6.07) is 6.25. The smallest absolute Gasteiger partial charge is 0.340 e. The van der Waals surface area contributed by atoms with Crippen LogP contribution < -0.4 is 5.73 Å². The number of anilines is 1. The van der Waals surface area contributed by atoms with E-state index in [2.05, 4.69) is 23.9 Å². The monoisotopic (exact) mass is 291 g/mol. The lowest BCUT2D eigenvalue weighted by atomic mass is 10.0. The average molecular weight is 291 g/mol. The molecule has 5 heteroatoms. The van der Waals surface area contributed by atoms with Crippen LogP contribution in [0.4, 0.5) is 5.69 Å². The molecule has 1 aliphatic heterocycles. The molecule has 1 heterocycles. The number of benzene rings is 1. The van der Waals surface area contributed by atoms with Crippen LogP contribution in [0.25, 0.3) is 0 Å². The summed E-state index contributed by atoms with van der Waals surface area (Å²) in [4.78, 5) is 16.6. The molecule has 2 N–H and O–H groups in total. The van der Waals surface area contributed by atoms with Gasteiger partial charge in [0.15, 0.2) is 0 Å². The first kappa shape index (κ1) is 15.8. The van der Waals surface area contributed by atoms with Gasteiger partial charge in [0, 0.05) is 18.3 Å². The molecule has 0 saturated carbocycles. The van der Waals surface area contributed by atoms with E-state index in [1.54, 1.807) is 6.07 Å². The zero-order valence-electron chi connectivity index (χ0n) is 13.1. The maximum Gasteiger partial charge on any atom is 0.340 e. The van der Waals surface area contributed by atoms with Crippen molar-refractivity contribution in [3.05, 3.63) is 29.3 Å². The van der Waals surface area contributed by atoms with Gasteiger partial charge in [0.1, 0.15) is 0 Å². The van der Waals surface area contributed by atoms with Gasteiger partial charge >= 0.3 is 5.97 Å². The number of methoxy groups -OCH3 is 1. The third-order valence-corrected chi connectivity index (χ3v) is 4.25. The molecule has 0 aromatic heterocycles. The molecule has 0 unspecified atom stereocenters. The number of nitrogens with zero attached hydrogens (tertiary/aromatic N) is 2. The van der Waals surface area contributed by atoms with Crippen molar-refractivity contribution >= 4 is 11.7 Å². The highest BCUT2D eigenvalue weighted by atomic mass is 16.5. The van der Waals surface area contributed by atoms with Gasteiger partial charge in [-0.25, -0.2) is 4.79 Å². The van der Waals surface area contributed by atoms with Crippen molar-refractivity contribution in [2.24, 2.45) is 0 Å². The predicted octanol–water partition coefficient (Wildman–Crippen LogP) is 1.58. The summed E-state index contributed by atoms with van der Waals surface area (Å²) in [5.74, 6) is -0.355. The molecule has 0 aliphatic carbocycles. The largest absolute Gasteiger partial charge is 0.465 e. The van der Waals surface area contributed by atoms with Crippen LogP contribution in [0.2, 0.25) is 0 Å². The Morgan fingerprint density at radius 3 is 2.62 bits per heavy atom. The van der Waals surface area contributed by atoms with Crippen LogP contribution >= 0.6 is 0 Å². The van der Waals surface area contributed by atoms with Crippen LogP contribution in [0, 0.1) is 0 Å². The minimum absolute atomic E-state index is 0.355. The summed E-state index contributed by atoms with van der Waals surface area (Å²) in [5.41, 5.74) is 7.89. The number of carbonyl (C=O) groups is 1. The Hall–Kier alpha value is -1.59. The fraction of sp³-hybridized carbons (Fsp3) is 0.562. The third kappa shape index (κ3) is 3.74. The molecule has 2 rings (SSSR count). The Balaban J connectivity index is 2.07. The number of hydrogen-bond donors (Lipinski definition) is 1. The van der Waals surface area contributed by atoms with Crippen molar-refractivity contribution in [3.63, 3.8) is 0 Å². The summed E-state index contributed by atoms with van der Waals surface area (Å²) >= 11 is 0. The molecule has 1 aliphatic rings. The van der Waals surface area contributed by atoms with E-state index in [1.807, 2.05) is 12.1 Å². The molecule has 0 spiro atoms. The SMILES string of the molecule is COC(=O)c1c(N)cccc1CN1CCC(N(C)C)CC1. The van der Waals surface area contributed by atoms with Crippen molar-refractivity contribution in [2.75, 3.05) is 40.0 Å². The second-order valence-corrected chi connectivity index (χ2v) is 5.84. The van der Waals surface area contributed by atoms with Gasteiger partial charge in [0.25, 0.3) is 0 Å². The summed E-state index contributed by atoms with van der Waals surface area (Å²) in [6.07, 6.45) is 2.31. The Morgan fingerprint density at radius 1 is 1.38 bits per heavy atom. The van der Waals surface area contributed by atoms with Crippen molar-refractivity contribution in [3.8, 4) is 0 Å². The van der Waals surface area contributed by atoms with E-state index in [1.165, 1.54) is 7.11 Å². The summed E-state index contributed by atoms with van der Waals surface area (Å²) < 4.78 is 4.85. The first-order valence-electron chi connectivity index (χ1n) is 7.37. The van der Waals surface area contributed by atoms with Crippen LogP contribution in [0.3, 0.4) is 0 Å². The Labute approximate surface area is 126 Å². The van der Waals surface area contributed by atoms with Crippen LogP contribution in [0.1, 0.15) is 28.8 Å². The Bertz CT molecular complexity index is 494. The molecule has 0 atom stereocenters. The van der Waals surface area contributed by atoms with Crippen molar-refractivity contribution in [1.29, 1.82) is 0 Å². The number of nitrogens with two attached hydrogens (primary N) is 1. The lowest BCUT2D eigenvalue weighted by molar-refractivity contribution is 0.0598. The Morgan fingerprint density at radius 2 is 2.05 bits per heavy atom. The van der Waals surface area contributed by atoms with E-state index in [0.717, 1.165) is 38.0 Å². The zero-order valence-corrected chi connectivity index (χ0v) is 13.1.